The Labute approximate surface area is 153 Å². The van der Waals surface area contributed by atoms with E-state index in [2.05, 4.69) is 10.3 Å². The van der Waals surface area contributed by atoms with Crippen molar-refractivity contribution in [1.82, 2.24) is 9.55 Å². The minimum Gasteiger partial charge on any atom is -0.463 e. The molecule has 0 aliphatic rings. The third-order valence-electron chi connectivity index (χ3n) is 4.23. The molecule has 132 valence electrons. The van der Waals surface area contributed by atoms with Crippen molar-refractivity contribution in [2.45, 2.75) is 20.4 Å². The van der Waals surface area contributed by atoms with E-state index in [0.717, 1.165) is 21.7 Å². The van der Waals surface area contributed by atoms with Gasteiger partial charge in [0.15, 0.2) is 10.7 Å². The maximum absolute atomic E-state index is 13.5. The number of amides is 1. The molecule has 0 saturated heterocycles. The third-order valence-corrected chi connectivity index (χ3v) is 5.22. The van der Waals surface area contributed by atoms with Crippen LogP contribution in [0, 0.1) is 19.7 Å². The molecule has 0 atom stereocenters. The zero-order chi connectivity index (χ0) is 18.3. The smallest absolute Gasteiger partial charge is 0.274 e. The van der Waals surface area contributed by atoms with E-state index in [0.29, 0.717) is 23.0 Å². The van der Waals surface area contributed by atoms with Gasteiger partial charge in [0.05, 0.1) is 17.5 Å². The van der Waals surface area contributed by atoms with E-state index in [9.17, 15) is 9.18 Å². The van der Waals surface area contributed by atoms with Crippen LogP contribution in [0.1, 0.15) is 26.6 Å². The van der Waals surface area contributed by atoms with Gasteiger partial charge in [-0.2, -0.15) is 0 Å². The summed E-state index contributed by atoms with van der Waals surface area (Å²) in [6, 6.07) is 9.82. The minimum atomic E-state index is -0.308. The normalized spacial score (nSPS) is 11.2. The molecule has 1 N–H and O–H groups in total. The molecule has 1 amide bonds. The van der Waals surface area contributed by atoms with E-state index >= 15 is 0 Å². The Morgan fingerprint density at radius 1 is 1.31 bits per heavy atom. The molecule has 4 aromatic rings. The quantitative estimate of drug-likeness (QED) is 0.565. The second kappa shape index (κ2) is 6.42. The zero-order valence-electron chi connectivity index (χ0n) is 14.2. The molecule has 7 heteroatoms. The highest BCUT2D eigenvalue weighted by Gasteiger charge is 2.19. The zero-order valence-corrected chi connectivity index (χ0v) is 15.1. The summed E-state index contributed by atoms with van der Waals surface area (Å²) < 4.78 is 20.8. The monoisotopic (exact) mass is 369 g/mol. The summed E-state index contributed by atoms with van der Waals surface area (Å²) in [6.45, 7) is 4.23. The Bertz CT molecular complexity index is 1090. The lowest BCUT2D eigenvalue weighted by molar-refractivity contribution is 0.101. The molecule has 26 heavy (non-hydrogen) atoms. The Morgan fingerprint density at radius 2 is 2.15 bits per heavy atom. The van der Waals surface area contributed by atoms with Gasteiger partial charge < -0.3 is 8.98 Å². The number of hydrogen-bond donors (Lipinski definition) is 1. The first-order valence-electron chi connectivity index (χ1n) is 8.08. The molecule has 4 rings (SSSR count). The summed E-state index contributed by atoms with van der Waals surface area (Å²) in [5, 5.41) is 3.40. The predicted molar refractivity (Wildman–Crippen MR) is 99.2 cm³/mol. The van der Waals surface area contributed by atoms with Crippen LogP contribution >= 0.6 is 11.3 Å². The largest absolute Gasteiger partial charge is 0.463 e. The van der Waals surface area contributed by atoms with Gasteiger partial charge in [0.1, 0.15) is 11.5 Å². The molecular formula is C19H16FN3O2S. The van der Waals surface area contributed by atoms with Crippen LogP contribution in [0.2, 0.25) is 0 Å². The van der Waals surface area contributed by atoms with Crippen molar-refractivity contribution in [1.29, 1.82) is 0 Å². The minimum absolute atomic E-state index is 0.276. The van der Waals surface area contributed by atoms with Crippen LogP contribution in [0.15, 0.2) is 47.1 Å². The lowest BCUT2D eigenvalue weighted by Gasteiger charge is -2.10. The summed E-state index contributed by atoms with van der Waals surface area (Å²) in [5.74, 6) is -0.584. The lowest BCUT2D eigenvalue weighted by atomic mass is 10.2. The molecule has 0 aliphatic heterocycles. The van der Waals surface area contributed by atoms with Crippen LogP contribution in [0.25, 0.3) is 11.1 Å². The Balaban J connectivity index is 1.70. The first kappa shape index (κ1) is 16.5. The number of hydrogen-bond acceptors (Lipinski definition) is 4. The van der Waals surface area contributed by atoms with Crippen molar-refractivity contribution in [3.8, 4) is 0 Å². The molecule has 3 aromatic heterocycles. The number of carbonyl (C=O) groups excluding carboxylic acids is 1. The molecule has 0 radical (unpaired) electrons. The Morgan fingerprint density at radius 3 is 2.88 bits per heavy atom. The van der Waals surface area contributed by atoms with Gasteiger partial charge in [0.25, 0.3) is 5.91 Å². The van der Waals surface area contributed by atoms with Crippen LogP contribution < -0.4 is 5.32 Å². The van der Waals surface area contributed by atoms with Crippen molar-refractivity contribution in [2.75, 3.05) is 5.32 Å². The molecule has 1 aromatic carbocycles. The number of nitrogens with one attached hydrogen (secondary N) is 1. The molecule has 0 spiro atoms. The van der Waals surface area contributed by atoms with E-state index in [4.69, 9.17) is 4.42 Å². The van der Waals surface area contributed by atoms with E-state index in [1.807, 2.05) is 24.5 Å². The molecule has 5 nitrogen and oxygen atoms in total. The van der Waals surface area contributed by atoms with Crippen molar-refractivity contribution in [3.05, 3.63) is 70.3 Å². The van der Waals surface area contributed by atoms with Gasteiger partial charge in [0, 0.05) is 23.6 Å². The maximum Gasteiger partial charge on any atom is 0.274 e. The van der Waals surface area contributed by atoms with Crippen molar-refractivity contribution in [3.63, 3.8) is 0 Å². The van der Waals surface area contributed by atoms with Crippen LogP contribution in [-0.4, -0.2) is 15.5 Å². The van der Waals surface area contributed by atoms with Crippen LogP contribution in [-0.2, 0) is 6.54 Å². The maximum atomic E-state index is 13.5. The molecule has 3 heterocycles. The number of nitrogens with zero attached hydrogens (tertiary/aromatic N) is 2. The van der Waals surface area contributed by atoms with Gasteiger partial charge in [0.2, 0.25) is 0 Å². The average molecular weight is 369 g/mol. The lowest BCUT2D eigenvalue weighted by Crippen LogP contribution is -2.17. The SMILES string of the molecule is Cc1nc(NC(=O)c2cc3occc3n2Cc2cccc(F)c2)sc1C. The summed E-state index contributed by atoms with van der Waals surface area (Å²) in [6.07, 6.45) is 1.57. The number of furan rings is 1. The van der Waals surface area contributed by atoms with Crippen molar-refractivity contribution in [2.24, 2.45) is 0 Å². The summed E-state index contributed by atoms with van der Waals surface area (Å²) >= 11 is 1.43. The van der Waals surface area contributed by atoms with E-state index in [-0.39, 0.29) is 11.7 Å². The van der Waals surface area contributed by atoms with E-state index < -0.39 is 0 Å². The number of aromatic nitrogens is 2. The fourth-order valence-electron chi connectivity index (χ4n) is 2.84. The Hall–Kier alpha value is -2.93. The van der Waals surface area contributed by atoms with Crippen LogP contribution in [0.3, 0.4) is 0 Å². The predicted octanol–water partition coefficient (Wildman–Crippen LogP) is 4.75. The number of benzene rings is 1. The van der Waals surface area contributed by atoms with Gasteiger partial charge in [-0.25, -0.2) is 9.37 Å². The highest BCUT2D eigenvalue weighted by Crippen LogP contribution is 2.25. The van der Waals surface area contributed by atoms with Gasteiger partial charge in [-0.1, -0.05) is 12.1 Å². The summed E-state index contributed by atoms with van der Waals surface area (Å²) in [4.78, 5) is 18.2. The van der Waals surface area contributed by atoms with Crippen LogP contribution in [0.5, 0.6) is 0 Å². The Kier molecular flexibility index (Phi) is 4.08. The van der Waals surface area contributed by atoms with Gasteiger partial charge in [-0.05, 0) is 31.5 Å². The average Bonchev–Trinajstić information content (AvgIpc) is 3.25. The third kappa shape index (κ3) is 3.01. The van der Waals surface area contributed by atoms with Gasteiger partial charge in [-0.3, -0.25) is 10.1 Å². The number of halogens is 1. The van der Waals surface area contributed by atoms with Gasteiger partial charge >= 0.3 is 0 Å². The first-order chi connectivity index (χ1) is 12.5. The fourth-order valence-corrected chi connectivity index (χ4v) is 3.65. The summed E-state index contributed by atoms with van der Waals surface area (Å²) in [5.41, 5.74) is 3.49. The molecule has 0 unspecified atom stereocenters. The number of carbonyl (C=O) groups is 1. The molecular weight excluding hydrogens is 353 g/mol. The standard InChI is InChI=1S/C19H16FN3O2S/c1-11-12(2)26-19(21-11)22-18(24)16-9-17-15(6-7-25-17)23(16)10-13-4-3-5-14(20)8-13/h3-9H,10H2,1-2H3,(H,21,22,24). The number of anilines is 1. The van der Waals surface area contributed by atoms with Crippen molar-refractivity contribution >= 4 is 33.5 Å². The number of rotatable bonds is 4. The second-order valence-corrected chi connectivity index (χ2v) is 7.23. The topological polar surface area (TPSA) is 60.1 Å². The molecule has 0 fully saturated rings. The van der Waals surface area contributed by atoms with Gasteiger partial charge in [-0.15, -0.1) is 11.3 Å². The number of thiazole rings is 1. The van der Waals surface area contributed by atoms with Crippen molar-refractivity contribution < 1.29 is 13.6 Å². The fraction of sp³-hybridized carbons (Fsp3) is 0.158. The molecule has 0 bridgehead atoms. The number of fused-ring (bicyclic) bond motifs is 1. The van der Waals surface area contributed by atoms with E-state index in [1.54, 1.807) is 24.5 Å². The highest BCUT2D eigenvalue weighted by molar-refractivity contribution is 7.15. The highest BCUT2D eigenvalue weighted by atomic mass is 32.1. The van der Waals surface area contributed by atoms with Crippen LogP contribution in [0.4, 0.5) is 9.52 Å². The van der Waals surface area contributed by atoms with E-state index in [1.165, 1.54) is 23.5 Å². The summed E-state index contributed by atoms with van der Waals surface area (Å²) in [7, 11) is 0. The molecule has 0 saturated carbocycles. The second-order valence-electron chi connectivity index (χ2n) is 6.03. The molecule has 0 aliphatic carbocycles. The number of aryl methyl sites for hydroxylation is 2. The first-order valence-corrected chi connectivity index (χ1v) is 8.89.